The van der Waals surface area contributed by atoms with Crippen LogP contribution in [0.1, 0.15) is 50.3 Å². The van der Waals surface area contributed by atoms with Gasteiger partial charge in [0.1, 0.15) is 11.2 Å². The van der Waals surface area contributed by atoms with E-state index in [0.717, 1.165) is 27.6 Å². The Kier molecular flexibility index (Phi) is 5.23. The molecule has 0 bridgehead atoms. The van der Waals surface area contributed by atoms with Crippen LogP contribution < -0.4 is 5.46 Å². The average molecular weight is 534 g/mol. The minimum absolute atomic E-state index is 0.0931. The molecule has 1 aromatic heterocycles. The normalized spacial score (nSPS) is 18.6. The van der Waals surface area contributed by atoms with Gasteiger partial charge in [0.15, 0.2) is 0 Å². The molecule has 0 spiro atoms. The number of hydrogen-bond acceptors (Lipinski definition) is 3. The quantitative estimate of drug-likeness (QED) is 0.213. The van der Waals surface area contributed by atoms with E-state index in [0.29, 0.717) is 0 Å². The largest absolute Gasteiger partial charge is 0.494 e. The fourth-order valence-electron chi connectivity index (χ4n) is 6.65. The summed E-state index contributed by atoms with van der Waals surface area (Å²) in [6.45, 7) is 8.39. The van der Waals surface area contributed by atoms with Gasteiger partial charge in [0.25, 0.3) is 0 Å². The second kappa shape index (κ2) is 8.69. The number of rotatable bonds is 3. The van der Waals surface area contributed by atoms with Gasteiger partial charge in [0.2, 0.25) is 0 Å². The first-order valence-electron chi connectivity index (χ1n) is 14.4. The van der Waals surface area contributed by atoms with Crippen LogP contribution >= 0.6 is 0 Å². The van der Waals surface area contributed by atoms with Crippen molar-refractivity contribution in [2.75, 3.05) is 0 Å². The maximum atomic E-state index is 6.53. The number of para-hydroxylation sites is 1. The zero-order valence-corrected chi connectivity index (χ0v) is 23.8. The van der Waals surface area contributed by atoms with Crippen LogP contribution in [0.5, 0.6) is 0 Å². The summed E-state index contributed by atoms with van der Waals surface area (Å²) < 4.78 is 19.3. The molecule has 200 valence electrons. The molecule has 2 heterocycles. The summed E-state index contributed by atoms with van der Waals surface area (Å²) in [5, 5.41) is 2.32. The molecule has 0 saturated carbocycles. The molecule has 2 aliphatic rings. The Morgan fingerprint density at radius 1 is 0.585 bits per heavy atom. The SMILES string of the molecule is CC1(C)OB(c2cccc(-c3ccccc3C3c4ccccc4-c4c3ccc3c4oc4ccccc43)c2)OC1(C)C. The Morgan fingerprint density at radius 3 is 2.02 bits per heavy atom. The van der Waals surface area contributed by atoms with Gasteiger partial charge < -0.3 is 13.7 Å². The molecule has 3 nitrogen and oxygen atoms in total. The number of fused-ring (bicyclic) bond motifs is 7. The summed E-state index contributed by atoms with van der Waals surface area (Å²) in [6, 6.07) is 39.1. The van der Waals surface area contributed by atoms with Crippen molar-refractivity contribution in [1.29, 1.82) is 0 Å². The van der Waals surface area contributed by atoms with E-state index in [1.54, 1.807) is 0 Å². The standard InChI is InChI=1S/C37H31BO3/c1-36(2)37(3,4)41-38(40-36)24-13-11-12-23(22-24)25-14-5-6-16-27(25)33-28-17-7-8-18-29(28)34-31(33)21-20-30-26-15-9-10-19-32(26)39-35(30)34/h5-22,33H,1-4H3. The van der Waals surface area contributed by atoms with E-state index in [1.165, 1.54) is 38.8 Å². The molecule has 8 rings (SSSR count). The summed E-state index contributed by atoms with van der Waals surface area (Å²) >= 11 is 0. The summed E-state index contributed by atoms with van der Waals surface area (Å²) in [5.41, 5.74) is 10.9. The van der Waals surface area contributed by atoms with Gasteiger partial charge >= 0.3 is 7.12 Å². The third-order valence-electron chi connectivity index (χ3n) is 9.43. The molecule has 4 heteroatoms. The molecule has 1 aliphatic carbocycles. The third kappa shape index (κ3) is 3.61. The number of benzene rings is 5. The molecule has 1 fully saturated rings. The highest BCUT2D eigenvalue weighted by atomic mass is 16.7. The zero-order valence-electron chi connectivity index (χ0n) is 23.8. The lowest BCUT2D eigenvalue weighted by Gasteiger charge is -2.32. The van der Waals surface area contributed by atoms with Crippen LogP contribution in [0, 0.1) is 0 Å². The summed E-state index contributed by atoms with van der Waals surface area (Å²) in [5.74, 6) is 0.0931. The lowest BCUT2D eigenvalue weighted by molar-refractivity contribution is 0.00578. The van der Waals surface area contributed by atoms with Gasteiger partial charge in [-0.25, -0.2) is 0 Å². The first-order valence-corrected chi connectivity index (χ1v) is 14.4. The van der Waals surface area contributed by atoms with Gasteiger partial charge in [0.05, 0.1) is 11.2 Å². The van der Waals surface area contributed by atoms with E-state index in [2.05, 4.69) is 131 Å². The highest BCUT2D eigenvalue weighted by molar-refractivity contribution is 6.62. The molecule has 1 saturated heterocycles. The van der Waals surface area contributed by atoms with E-state index in [9.17, 15) is 0 Å². The second-order valence-electron chi connectivity index (χ2n) is 12.3. The maximum absolute atomic E-state index is 6.53. The van der Waals surface area contributed by atoms with Crippen LogP contribution in [0.15, 0.2) is 114 Å². The monoisotopic (exact) mass is 534 g/mol. The average Bonchev–Trinajstić information content (AvgIpc) is 3.59. The van der Waals surface area contributed by atoms with Crippen LogP contribution in [0.2, 0.25) is 0 Å². The fourth-order valence-corrected chi connectivity index (χ4v) is 6.65. The van der Waals surface area contributed by atoms with Crippen LogP contribution in [0.3, 0.4) is 0 Å². The lowest BCUT2D eigenvalue weighted by Crippen LogP contribution is -2.41. The van der Waals surface area contributed by atoms with E-state index in [4.69, 9.17) is 13.7 Å². The van der Waals surface area contributed by atoms with Crippen molar-refractivity contribution in [3.05, 3.63) is 126 Å². The summed E-state index contributed by atoms with van der Waals surface area (Å²) in [7, 11) is -0.401. The van der Waals surface area contributed by atoms with Crippen LogP contribution in [-0.4, -0.2) is 18.3 Å². The Balaban J connectivity index is 1.29. The zero-order chi connectivity index (χ0) is 27.9. The summed E-state index contributed by atoms with van der Waals surface area (Å²) in [4.78, 5) is 0. The van der Waals surface area contributed by atoms with Crippen molar-refractivity contribution in [3.63, 3.8) is 0 Å². The van der Waals surface area contributed by atoms with Crippen molar-refractivity contribution < 1.29 is 13.7 Å². The van der Waals surface area contributed by atoms with Gasteiger partial charge in [-0.3, -0.25) is 0 Å². The van der Waals surface area contributed by atoms with Crippen LogP contribution in [0.25, 0.3) is 44.2 Å². The Morgan fingerprint density at radius 2 is 1.24 bits per heavy atom. The molecule has 1 atom stereocenters. The predicted molar refractivity (Wildman–Crippen MR) is 168 cm³/mol. The van der Waals surface area contributed by atoms with Crippen molar-refractivity contribution in [1.82, 2.24) is 0 Å². The molecule has 1 aliphatic heterocycles. The van der Waals surface area contributed by atoms with Gasteiger partial charge in [-0.1, -0.05) is 103 Å². The van der Waals surface area contributed by atoms with Crippen molar-refractivity contribution in [2.24, 2.45) is 0 Å². The minimum Gasteiger partial charge on any atom is -0.455 e. The Labute approximate surface area is 240 Å². The molecule has 41 heavy (non-hydrogen) atoms. The smallest absolute Gasteiger partial charge is 0.455 e. The molecular weight excluding hydrogens is 503 g/mol. The van der Waals surface area contributed by atoms with Crippen LogP contribution in [0.4, 0.5) is 0 Å². The topological polar surface area (TPSA) is 31.6 Å². The lowest BCUT2D eigenvalue weighted by atomic mass is 9.77. The van der Waals surface area contributed by atoms with Crippen molar-refractivity contribution in [2.45, 2.75) is 44.8 Å². The minimum atomic E-state index is -0.401. The maximum Gasteiger partial charge on any atom is 0.494 e. The number of furan rings is 1. The Bertz CT molecular complexity index is 1970. The van der Waals surface area contributed by atoms with E-state index in [1.807, 2.05) is 6.07 Å². The number of hydrogen-bond donors (Lipinski definition) is 0. The first-order chi connectivity index (χ1) is 19.8. The molecule has 5 aromatic carbocycles. The van der Waals surface area contributed by atoms with Gasteiger partial charge in [0, 0.05) is 22.3 Å². The molecular formula is C37H31BO3. The van der Waals surface area contributed by atoms with Gasteiger partial charge in [-0.15, -0.1) is 0 Å². The van der Waals surface area contributed by atoms with E-state index < -0.39 is 7.12 Å². The van der Waals surface area contributed by atoms with Crippen molar-refractivity contribution >= 4 is 34.5 Å². The van der Waals surface area contributed by atoms with Gasteiger partial charge in [-0.2, -0.15) is 0 Å². The third-order valence-corrected chi connectivity index (χ3v) is 9.43. The van der Waals surface area contributed by atoms with Crippen LogP contribution in [-0.2, 0) is 9.31 Å². The van der Waals surface area contributed by atoms with E-state index >= 15 is 0 Å². The second-order valence-corrected chi connectivity index (χ2v) is 12.3. The fraction of sp³-hybridized carbons (Fsp3) is 0.189. The van der Waals surface area contributed by atoms with Crippen molar-refractivity contribution in [3.8, 4) is 22.3 Å². The highest BCUT2D eigenvalue weighted by Crippen LogP contribution is 2.53. The molecule has 0 N–H and O–H groups in total. The first kappa shape index (κ1) is 24.7. The molecule has 1 unspecified atom stereocenters. The Hall–Kier alpha value is -4.12. The molecule has 6 aromatic rings. The van der Waals surface area contributed by atoms with Gasteiger partial charge in [-0.05, 0) is 72.6 Å². The predicted octanol–water partition coefficient (Wildman–Crippen LogP) is 8.71. The highest BCUT2D eigenvalue weighted by Gasteiger charge is 2.51. The molecule has 0 amide bonds. The van der Waals surface area contributed by atoms with E-state index in [-0.39, 0.29) is 17.1 Å². The molecule has 0 radical (unpaired) electrons. The summed E-state index contributed by atoms with van der Waals surface area (Å²) in [6.07, 6.45) is 0.